The van der Waals surface area contributed by atoms with Crippen LogP contribution in [0.15, 0.2) is 0 Å². The molecule has 0 rings (SSSR count). The van der Waals surface area contributed by atoms with Crippen molar-refractivity contribution >= 4 is 15.8 Å². The van der Waals surface area contributed by atoms with Crippen LogP contribution in [0.1, 0.15) is 26.2 Å². The predicted octanol–water partition coefficient (Wildman–Crippen LogP) is 0.354. The van der Waals surface area contributed by atoms with Crippen molar-refractivity contribution in [1.29, 1.82) is 0 Å². The molecule has 0 aliphatic carbocycles. The first-order valence-corrected chi connectivity index (χ1v) is 7.56. The Kier molecular flexibility index (Phi) is 8.19. The fourth-order valence-electron chi connectivity index (χ4n) is 1.18. The lowest BCUT2D eigenvalue weighted by Gasteiger charge is -2.04. The second-order valence-electron chi connectivity index (χ2n) is 3.64. The Morgan fingerprint density at radius 2 is 1.88 bits per heavy atom. The zero-order valence-corrected chi connectivity index (χ0v) is 10.8. The molecule has 0 saturated heterocycles. The molecule has 0 spiro atoms. The van der Waals surface area contributed by atoms with Gasteiger partial charge in [-0.05, 0) is 32.9 Å². The van der Waals surface area contributed by atoms with Crippen LogP contribution in [0.2, 0.25) is 0 Å². The number of hydrogen-bond acceptors (Lipinski definition) is 5. The summed E-state index contributed by atoms with van der Waals surface area (Å²) in [7, 11) is -2.85. The van der Waals surface area contributed by atoms with E-state index in [0.29, 0.717) is 32.5 Å². The molecule has 0 saturated carbocycles. The van der Waals surface area contributed by atoms with Crippen molar-refractivity contribution in [2.24, 2.45) is 0 Å². The van der Waals surface area contributed by atoms with Gasteiger partial charge in [0.15, 0.2) is 0 Å². The lowest BCUT2D eigenvalue weighted by Crippen LogP contribution is -2.20. The largest absolute Gasteiger partial charge is 0.466 e. The molecule has 96 valence electrons. The van der Waals surface area contributed by atoms with Crippen LogP contribution in [0.5, 0.6) is 0 Å². The molecule has 0 heterocycles. The number of carbonyl (C=O) groups excluding carboxylic acids is 1. The fraction of sp³-hybridized carbons (Fsp3) is 0.900. The number of sulfone groups is 1. The molecule has 0 aromatic carbocycles. The highest BCUT2D eigenvalue weighted by Gasteiger charge is 2.02. The number of rotatable bonds is 9. The van der Waals surface area contributed by atoms with Gasteiger partial charge in [0.1, 0.15) is 9.84 Å². The molecule has 0 fully saturated rings. The van der Waals surface area contributed by atoms with Crippen molar-refractivity contribution < 1.29 is 17.9 Å². The summed E-state index contributed by atoms with van der Waals surface area (Å²) in [6, 6.07) is 0. The molecule has 6 heteroatoms. The maximum atomic E-state index is 10.9. The van der Waals surface area contributed by atoms with Gasteiger partial charge in [-0.1, -0.05) is 0 Å². The third-order valence-corrected chi connectivity index (χ3v) is 2.94. The van der Waals surface area contributed by atoms with Crippen LogP contribution < -0.4 is 5.32 Å². The average Bonchev–Trinajstić information content (AvgIpc) is 2.15. The van der Waals surface area contributed by atoms with Crippen LogP contribution in [0.3, 0.4) is 0 Å². The van der Waals surface area contributed by atoms with E-state index < -0.39 is 9.84 Å². The van der Waals surface area contributed by atoms with Gasteiger partial charge in [0.05, 0.1) is 12.4 Å². The standard InChI is InChI=1S/C10H21NO4S/c1-3-15-10(12)6-4-7-11-8-5-9-16(2,13)14/h11H,3-9H2,1-2H3. The lowest BCUT2D eigenvalue weighted by molar-refractivity contribution is -0.143. The van der Waals surface area contributed by atoms with Gasteiger partial charge in [0.2, 0.25) is 0 Å². The summed E-state index contributed by atoms with van der Waals surface area (Å²) in [4.78, 5) is 10.9. The Balaban J connectivity index is 3.25. The molecule has 0 unspecified atom stereocenters. The average molecular weight is 251 g/mol. The molecule has 0 amide bonds. The van der Waals surface area contributed by atoms with Gasteiger partial charge in [-0.25, -0.2) is 8.42 Å². The number of hydrogen-bond donors (Lipinski definition) is 1. The lowest BCUT2D eigenvalue weighted by atomic mass is 10.3. The number of ether oxygens (including phenoxy) is 1. The third-order valence-electron chi connectivity index (χ3n) is 1.91. The van der Waals surface area contributed by atoms with Crippen molar-refractivity contribution in [3.63, 3.8) is 0 Å². The van der Waals surface area contributed by atoms with Crippen LogP contribution in [-0.2, 0) is 19.4 Å². The maximum absolute atomic E-state index is 10.9. The Morgan fingerprint density at radius 3 is 2.44 bits per heavy atom. The summed E-state index contributed by atoms with van der Waals surface area (Å²) in [5, 5.41) is 3.08. The van der Waals surface area contributed by atoms with Crippen molar-refractivity contribution in [3.05, 3.63) is 0 Å². The van der Waals surface area contributed by atoms with E-state index in [9.17, 15) is 13.2 Å². The zero-order valence-electron chi connectivity index (χ0n) is 9.99. The van der Waals surface area contributed by atoms with E-state index >= 15 is 0 Å². The Bertz CT molecular complexity index is 287. The maximum Gasteiger partial charge on any atom is 0.305 e. The molecular formula is C10H21NO4S. The molecule has 0 aliphatic rings. The molecule has 1 N–H and O–H groups in total. The molecule has 0 radical (unpaired) electrons. The summed E-state index contributed by atoms with van der Waals surface area (Å²) in [6.07, 6.45) is 2.97. The number of esters is 1. The van der Waals surface area contributed by atoms with Gasteiger partial charge in [-0.2, -0.15) is 0 Å². The van der Waals surface area contributed by atoms with Gasteiger partial charge in [-0.15, -0.1) is 0 Å². The predicted molar refractivity (Wildman–Crippen MR) is 63.1 cm³/mol. The highest BCUT2D eigenvalue weighted by atomic mass is 32.2. The molecule has 5 nitrogen and oxygen atoms in total. The minimum atomic E-state index is -2.85. The molecule has 0 atom stereocenters. The SMILES string of the molecule is CCOC(=O)CCCNCCCS(C)(=O)=O. The molecule has 16 heavy (non-hydrogen) atoms. The Morgan fingerprint density at radius 1 is 1.25 bits per heavy atom. The summed E-state index contributed by atoms with van der Waals surface area (Å²) < 4.78 is 26.4. The first-order valence-electron chi connectivity index (χ1n) is 5.49. The van der Waals surface area contributed by atoms with E-state index in [1.54, 1.807) is 6.92 Å². The van der Waals surface area contributed by atoms with Crippen LogP contribution in [0.25, 0.3) is 0 Å². The van der Waals surface area contributed by atoms with E-state index in [2.05, 4.69) is 5.32 Å². The quantitative estimate of drug-likeness (QED) is 0.473. The fourth-order valence-corrected chi connectivity index (χ4v) is 1.84. The second kappa shape index (κ2) is 8.52. The molecule has 0 aromatic rings. The van der Waals surface area contributed by atoms with Crippen molar-refractivity contribution in [3.8, 4) is 0 Å². The van der Waals surface area contributed by atoms with Crippen LogP contribution in [0, 0.1) is 0 Å². The van der Waals surface area contributed by atoms with E-state index in [-0.39, 0.29) is 11.7 Å². The van der Waals surface area contributed by atoms with E-state index in [4.69, 9.17) is 4.74 Å². The van der Waals surface area contributed by atoms with Crippen molar-refractivity contribution in [2.45, 2.75) is 26.2 Å². The Hall–Kier alpha value is -0.620. The van der Waals surface area contributed by atoms with Gasteiger partial charge in [-0.3, -0.25) is 4.79 Å². The van der Waals surface area contributed by atoms with E-state index in [1.165, 1.54) is 6.26 Å². The van der Waals surface area contributed by atoms with Crippen molar-refractivity contribution in [1.82, 2.24) is 5.32 Å². The minimum absolute atomic E-state index is 0.180. The van der Waals surface area contributed by atoms with Crippen molar-refractivity contribution in [2.75, 3.05) is 31.7 Å². The first-order chi connectivity index (χ1) is 7.45. The zero-order chi connectivity index (χ0) is 12.4. The summed E-state index contributed by atoms with van der Waals surface area (Å²) in [5.74, 6) is 0.0261. The number of nitrogens with one attached hydrogen (secondary N) is 1. The topological polar surface area (TPSA) is 72.5 Å². The second-order valence-corrected chi connectivity index (χ2v) is 5.90. The number of carbonyl (C=O) groups is 1. The van der Waals surface area contributed by atoms with Crippen LogP contribution in [-0.4, -0.2) is 46.1 Å². The van der Waals surface area contributed by atoms with E-state index in [1.807, 2.05) is 0 Å². The van der Waals surface area contributed by atoms with E-state index in [0.717, 1.165) is 6.42 Å². The third kappa shape index (κ3) is 11.5. The molecule has 0 bridgehead atoms. The normalized spacial score (nSPS) is 11.4. The van der Waals surface area contributed by atoms with Crippen LogP contribution in [0.4, 0.5) is 0 Å². The van der Waals surface area contributed by atoms with Gasteiger partial charge >= 0.3 is 5.97 Å². The summed E-state index contributed by atoms with van der Waals surface area (Å²) in [6.45, 7) is 3.57. The van der Waals surface area contributed by atoms with Gasteiger partial charge in [0.25, 0.3) is 0 Å². The van der Waals surface area contributed by atoms with Gasteiger partial charge in [0, 0.05) is 12.7 Å². The van der Waals surface area contributed by atoms with Crippen LogP contribution >= 0.6 is 0 Å². The minimum Gasteiger partial charge on any atom is -0.466 e. The highest BCUT2D eigenvalue weighted by Crippen LogP contribution is 1.92. The monoisotopic (exact) mass is 251 g/mol. The molecule has 0 aromatic heterocycles. The highest BCUT2D eigenvalue weighted by molar-refractivity contribution is 7.90. The smallest absolute Gasteiger partial charge is 0.305 e. The summed E-state index contributed by atoms with van der Waals surface area (Å²) >= 11 is 0. The summed E-state index contributed by atoms with van der Waals surface area (Å²) in [5.41, 5.74) is 0. The molecular weight excluding hydrogens is 230 g/mol. The molecule has 0 aliphatic heterocycles. The van der Waals surface area contributed by atoms with Gasteiger partial charge < -0.3 is 10.1 Å². The first kappa shape index (κ1) is 15.4. The Labute approximate surface area is 97.5 Å².